The third-order valence-electron chi connectivity index (χ3n) is 2.65. The number of nitrogens with one attached hydrogen (secondary N) is 1. The zero-order valence-electron chi connectivity index (χ0n) is 17.9. The molecular weight excluding hydrogens is 352 g/mol. The standard InChI is InChI=1S/C8H7N3.C7H7NO.C2H6N2.2C2H6/c1-6-10-5-7-3-2-4-9-8(7)11-6;1-6-7(5-9)3-2-4-8-6;1-2(3)4;2*1-2/h2-5H,1H3;2-5H,1H3;1H3,(H3,3,4);2*1-2H3. The summed E-state index contributed by atoms with van der Waals surface area (Å²) >= 11 is 0. The lowest BCUT2D eigenvalue weighted by atomic mass is 10.2. The number of fused-ring (bicyclic) bond motifs is 1. The second kappa shape index (κ2) is 17.2. The van der Waals surface area contributed by atoms with E-state index in [1.54, 1.807) is 30.7 Å². The van der Waals surface area contributed by atoms with Crippen molar-refractivity contribution in [1.82, 2.24) is 19.9 Å². The summed E-state index contributed by atoms with van der Waals surface area (Å²) < 4.78 is 0. The van der Waals surface area contributed by atoms with Crippen LogP contribution < -0.4 is 5.73 Å². The predicted octanol–water partition coefficient (Wildman–Crippen LogP) is 4.53. The number of hydrogen-bond acceptors (Lipinski definition) is 6. The van der Waals surface area contributed by atoms with Crippen molar-refractivity contribution in [3.8, 4) is 0 Å². The number of nitrogens with two attached hydrogens (primary N) is 1. The highest BCUT2D eigenvalue weighted by atomic mass is 16.1. The molecule has 0 unspecified atom stereocenters. The Bertz CT molecular complexity index is 817. The number of rotatable bonds is 1. The van der Waals surface area contributed by atoms with Crippen LogP contribution >= 0.6 is 0 Å². The molecule has 7 nitrogen and oxygen atoms in total. The molecule has 152 valence electrons. The first kappa shape index (κ1) is 27.0. The van der Waals surface area contributed by atoms with E-state index in [1.165, 1.54) is 6.92 Å². The van der Waals surface area contributed by atoms with Crippen LogP contribution in [0.1, 0.15) is 56.5 Å². The first-order chi connectivity index (χ1) is 13.4. The highest BCUT2D eigenvalue weighted by molar-refractivity contribution is 5.76. The van der Waals surface area contributed by atoms with E-state index in [2.05, 4.69) is 19.9 Å². The van der Waals surface area contributed by atoms with Crippen molar-refractivity contribution in [1.29, 1.82) is 5.41 Å². The molecule has 0 aromatic carbocycles. The van der Waals surface area contributed by atoms with Gasteiger partial charge in [-0.3, -0.25) is 15.2 Å². The molecule has 0 bridgehead atoms. The van der Waals surface area contributed by atoms with Gasteiger partial charge in [-0.15, -0.1) is 0 Å². The first-order valence-corrected chi connectivity index (χ1v) is 9.16. The van der Waals surface area contributed by atoms with Crippen molar-refractivity contribution in [2.45, 2.75) is 48.5 Å². The third-order valence-corrected chi connectivity index (χ3v) is 2.65. The van der Waals surface area contributed by atoms with Crippen LogP contribution in [0.25, 0.3) is 11.0 Å². The van der Waals surface area contributed by atoms with E-state index in [1.807, 2.05) is 53.7 Å². The quantitative estimate of drug-likeness (QED) is 0.361. The molecule has 0 aliphatic heterocycles. The highest BCUT2D eigenvalue weighted by Gasteiger charge is 1.94. The zero-order valence-corrected chi connectivity index (χ0v) is 17.9. The van der Waals surface area contributed by atoms with Crippen molar-refractivity contribution in [3.05, 3.63) is 59.9 Å². The average molecular weight is 385 g/mol. The van der Waals surface area contributed by atoms with Crippen LogP contribution in [-0.2, 0) is 0 Å². The molecule has 0 fully saturated rings. The number of pyridine rings is 2. The minimum atomic E-state index is 0.167. The van der Waals surface area contributed by atoms with E-state index < -0.39 is 0 Å². The van der Waals surface area contributed by atoms with Gasteiger partial charge in [0, 0.05) is 35.2 Å². The van der Waals surface area contributed by atoms with Crippen LogP contribution in [0.2, 0.25) is 0 Å². The van der Waals surface area contributed by atoms with Gasteiger partial charge in [-0.25, -0.2) is 15.0 Å². The van der Waals surface area contributed by atoms with Gasteiger partial charge in [0.1, 0.15) is 5.82 Å². The van der Waals surface area contributed by atoms with Crippen LogP contribution in [0.3, 0.4) is 0 Å². The van der Waals surface area contributed by atoms with Gasteiger partial charge in [-0.05, 0) is 45.0 Å². The number of nitrogens with zero attached hydrogens (tertiary/aromatic N) is 4. The Balaban J connectivity index is 0. The summed E-state index contributed by atoms with van der Waals surface area (Å²) in [5, 5.41) is 7.26. The van der Waals surface area contributed by atoms with Crippen LogP contribution in [-0.4, -0.2) is 32.1 Å². The average Bonchev–Trinajstić information content (AvgIpc) is 2.71. The lowest BCUT2D eigenvalue weighted by Crippen LogP contribution is -2.00. The minimum Gasteiger partial charge on any atom is -0.388 e. The summed E-state index contributed by atoms with van der Waals surface area (Å²) in [6.07, 6.45) is 5.99. The molecule has 0 radical (unpaired) electrons. The molecule has 3 rings (SSSR count). The summed E-state index contributed by atoms with van der Waals surface area (Å²) in [5.74, 6) is 0.927. The Morgan fingerprint density at radius 1 is 1.00 bits per heavy atom. The zero-order chi connectivity index (χ0) is 21.9. The SMILES string of the molecule is CC.CC.CC(=N)N.Cc1ncc2cccnc2n1.Cc1ncccc1C=O. The van der Waals surface area contributed by atoms with Gasteiger partial charge in [0.05, 0.1) is 5.84 Å². The topological polar surface area (TPSA) is 118 Å². The van der Waals surface area contributed by atoms with Crippen molar-refractivity contribution < 1.29 is 4.79 Å². The van der Waals surface area contributed by atoms with E-state index in [9.17, 15) is 4.79 Å². The number of aromatic nitrogens is 4. The Morgan fingerprint density at radius 3 is 2.04 bits per heavy atom. The van der Waals surface area contributed by atoms with E-state index in [0.717, 1.165) is 28.8 Å². The second-order valence-electron chi connectivity index (χ2n) is 4.81. The number of aryl methyl sites for hydroxylation is 2. The van der Waals surface area contributed by atoms with Gasteiger partial charge in [0.2, 0.25) is 0 Å². The van der Waals surface area contributed by atoms with Crippen molar-refractivity contribution >= 4 is 23.2 Å². The van der Waals surface area contributed by atoms with Gasteiger partial charge >= 0.3 is 0 Å². The molecule has 0 amide bonds. The summed E-state index contributed by atoms with van der Waals surface area (Å²) in [6, 6.07) is 7.31. The lowest BCUT2D eigenvalue weighted by Gasteiger charge is -1.94. The highest BCUT2D eigenvalue weighted by Crippen LogP contribution is 2.05. The minimum absolute atomic E-state index is 0.167. The molecule has 28 heavy (non-hydrogen) atoms. The normalized spacial score (nSPS) is 8.25. The number of amidine groups is 1. The molecule has 3 N–H and O–H groups in total. The number of carbonyl (C=O) groups is 1. The molecule has 3 heterocycles. The molecule has 0 aliphatic carbocycles. The lowest BCUT2D eigenvalue weighted by molar-refractivity contribution is 0.112. The van der Waals surface area contributed by atoms with Crippen LogP contribution in [0.15, 0.2) is 42.9 Å². The summed E-state index contributed by atoms with van der Waals surface area (Å²) in [7, 11) is 0. The molecule has 0 spiro atoms. The molecule has 7 heteroatoms. The van der Waals surface area contributed by atoms with E-state index in [0.29, 0.717) is 5.56 Å². The number of carbonyl (C=O) groups excluding carboxylic acids is 1. The maximum absolute atomic E-state index is 10.2. The van der Waals surface area contributed by atoms with E-state index in [4.69, 9.17) is 11.1 Å². The van der Waals surface area contributed by atoms with Gasteiger partial charge in [0.15, 0.2) is 11.9 Å². The van der Waals surface area contributed by atoms with E-state index in [-0.39, 0.29) is 5.84 Å². The smallest absolute Gasteiger partial charge is 0.162 e. The molecule has 0 aliphatic rings. The van der Waals surface area contributed by atoms with Gasteiger partial charge in [-0.1, -0.05) is 27.7 Å². The summed E-state index contributed by atoms with van der Waals surface area (Å²) in [5.41, 5.74) is 6.91. The fourth-order valence-corrected chi connectivity index (χ4v) is 1.57. The van der Waals surface area contributed by atoms with Gasteiger partial charge in [-0.2, -0.15) is 0 Å². The van der Waals surface area contributed by atoms with Gasteiger partial charge < -0.3 is 5.73 Å². The van der Waals surface area contributed by atoms with Crippen molar-refractivity contribution in [2.75, 3.05) is 0 Å². The largest absolute Gasteiger partial charge is 0.388 e. The third kappa shape index (κ3) is 12.2. The fraction of sp³-hybridized carbons (Fsp3) is 0.333. The fourth-order valence-electron chi connectivity index (χ4n) is 1.57. The van der Waals surface area contributed by atoms with Crippen molar-refractivity contribution in [3.63, 3.8) is 0 Å². The van der Waals surface area contributed by atoms with Crippen molar-refractivity contribution in [2.24, 2.45) is 5.73 Å². The van der Waals surface area contributed by atoms with Gasteiger partial charge in [0.25, 0.3) is 0 Å². The number of aldehydes is 1. The van der Waals surface area contributed by atoms with Crippen LogP contribution in [0.5, 0.6) is 0 Å². The predicted molar refractivity (Wildman–Crippen MR) is 117 cm³/mol. The summed E-state index contributed by atoms with van der Waals surface area (Å²) in [4.78, 5) is 26.4. The number of hydrogen-bond donors (Lipinski definition) is 2. The monoisotopic (exact) mass is 384 g/mol. The Morgan fingerprint density at radius 2 is 1.54 bits per heavy atom. The molecule has 0 saturated carbocycles. The summed E-state index contributed by atoms with van der Waals surface area (Å²) in [6.45, 7) is 13.2. The Kier molecular flexibility index (Phi) is 16.6. The maximum Gasteiger partial charge on any atom is 0.162 e. The molecule has 0 atom stereocenters. The van der Waals surface area contributed by atoms with E-state index >= 15 is 0 Å². The Labute approximate surface area is 168 Å². The molecule has 3 aromatic heterocycles. The maximum atomic E-state index is 10.2. The van der Waals surface area contributed by atoms with Crippen LogP contribution in [0.4, 0.5) is 0 Å². The molecular formula is C21H32N6O. The molecule has 3 aromatic rings. The van der Waals surface area contributed by atoms with Crippen LogP contribution in [0, 0.1) is 19.3 Å². The molecule has 0 saturated heterocycles. The first-order valence-electron chi connectivity index (χ1n) is 9.16. The Hall–Kier alpha value is -3.22. The second-order valence-corrected chi connectivity index (χ2v) is 4.81.